The molecule has 0 heterocycles. The fraction of sp³-hybridized carbons (Fsp3) is 0.667. The second kappa shape index (κ2) is 9.93. The lowest BCUT2D eigenvalue weighted by Gasteiger charge is -2.33. The minimum absolute atomic E-state index is 0.0745. The highest BCUT2D eigenvalue weighted by Gasteiger charge is 2.34. The highest BCUT2D eigenvalue weighted by atomic mass is 16.5. The number of methoxy groups -OCH3 is 1. The van der Waals surface area contributed by atoms with Gasteiger partial charge in [-0.1, -0.05) is 53.7 Å². The van der Waals surface area contributed by atoms with E-state index in [1.165, 1.54) is 0 Å². The molecule has 0 fully saturated rings. The minimum atomic E-state index is -0.710. The van der Waals surface area contributed by atoms with Gasteiger partial charge in [0, 0.05) is 17.8 Å². The average molecular weight is 350 g/mol. The van der Waals surface area contributed by atoms with Crippen LogP contribution in [0.3, 0.4) is 0 Å². The van der Waals surface area contributed by atoms with Gasteiger partial charge < -0.3 is 14.6 Å². The quantitative estimate of drug-likeness (QED) is 0.690. The van der Waals surface area contributed by atoms with E-state index in [9.17, 15) is 9.90 Å². The standard InChI is InChI=1S/C21H34O4/c1-13(2)19(22)15(5)20(23)16(6)21(14(3)4)25-12-17-8-10-18(24-7)11-9-17/h8-11,13-16,20-21,23H,12H2,1-7H3/t15-,16+,20-,21-/m0/s1. The summed E-state index contributed by atoms with van der Waals surface area (Å²) in [7, 11) is 1.64. The van der Waals surface area contributed by atoms with Gasteiger partial charge in [-0.15, -0.1) is 0 Å². The van der Waals surface area contributed by atoms with Gasteiger partial charge in [0.05, 0.1) is 25.9 Å². The number of hydrogen-bond acceptors (Lipinski definition) is 4. The molecule has 0 aliphatic heterocycles. The van der Waals surface area contributed by atoms with Crippen LogP contribution in [0, 0.1) is 23.7 Å². The smallest absolute Gasteiger partial charge is 0.140 e. The van der Waals surface area contributed by atoms with Gasteiger partial charge in [0.2, 0.25) is 0 Å². The fourth-order valence-electron chi connectivity index (χ4n) is 3.21. The second-order valence-corrected chi connectivity index (χ2v) is 7.56. The molecule has 0 aromatic heterocycles. The van der Waals surface area contributed by atoms with Crippen LogP contribution in [0.2, 0.25) is 0 Å². The SMILES string of the molecule is COc1ccc(CO[C@@H](C(C)C)[C@H](C)[C@@H](O)[C@@H](C)C(=O)C(C)C)cc1. The number of Topliss-reactive ketones (excluding diaryl/α,β-unsaturated/α-hetero) is 1. The van der Waals surface area contributed by atoms with Crippen LogP contribution in [0.15, 0.2) is 24.3 Å². The van der Waals surface area contributed by atoms with Crippen LogP contribution in [-0.4, -0.2) is 30.2 Å². The largest absolute Gasteiger partial charge is 0.497 e. The van der Waals surface area contributed by atoms with E-state index in [-0.39, 0.29) is 35.6 Å². The molecule has 0 spiro atoms. The number of ether oxygens (including phenoxy) is 2. The Morgan fingerprint density at radius 1 is 1.04 bits per heavy atom. The van der Waals surface area contributed by atoms with Crippen molar-refractivity contribution in [3.63, 3.8) is 0 Å². The lowest BCUT2D eigenvalue weighted by atomic mass is 9.81. The molecular formula is C21H34O4. The molecule has 4 nitrogen and oxygen atoms in total. The van der Waals surface area contributed by atoms with Crippen molar-refractivity contribution in [3.05, 3.63) is 29.8 Å². The molecule has 1 aromatic rings. The summed E-state index contributed by atoms with van der Waals surface area (Å²) in [5.74, 6) is 0.557. The van der Waals surface area contributed by atoms with E-state index in [0.717, 1.165) is 11.3 Å². The maximum absolute atomic E-state index is 12.2. The Bertz CT molecular complexity index is 521. The van der Waals surface area contributed by atoms with E-state index < -0.39 is 6.10 Å². The minimum Gasteiger partial charge on any atom is -0.497 e. The zero-order valence-electron chi connectivity index (χ0n) is 16.7. The molecule has 1 rings (SSSR count). The van der Waals surface area contributed by atoms with E-state index in [4.69, 9.17) is 9.47 Å². The summed E-state index contributed by atoms with van der Waals surface area (Å²) in [4.78, 5) is 12.2. The first-order valence-corrected chi connectivity index (χ1v) is 9.15. The van der Waals surface area contributed by atoms with E-state index in [1.54, 1.807) is 7.11 Å². The Labute approximate surface area is 152 Å². The molecule has 0 amide bonds. The molecule has 0 saturated heterocycles. The van der Waals surface area contributed by atoms with Crippen LogP contribution in [0.1, 0.15) is 47.1 Å². The molecule has 1 N–H and O–H groups in total. The number of rotatable bonds is 10. The number of ketones is 1. The molecule has 0 bridgehead atoms. The normalized spacial score (nSPS) is 16.6. The molecular weight excluding hydrogens is 316 g/mol. The van der Waals surface area contributed by atoms with Crippen molar-refractivity contribution in [2.45, 2.75) is 60.4 Å². The number of carbonyl (C=O) groups excluding carboxylic acids is 1. The predicted molar refractivity (Wildman–Crippen MR) is 101 cm³/mol. The third kappa shape index (κ3) is 6.12. The molecule has 142 valence electrons. The third-order valence-corrected chi connectivity index (χ3v) is 4.85. The molecule has 0 unspecified atom stereocenters. The van der Waals surface area contributed by atoms with Crippen molar-refractivity contribution in [1.29, 1.82) is 0 Å². The highest BCUT2D eigenvalue weighted by Crippen LogP contribution is 2.26. The molecule has 0 saturated carbocycles. The highest BCUT2D eigenvalue weighted by molar-refractivity contribution is 5.83. The van der Waals surface area contributed by atoms with Gasteiger partial charge in [-0.2, -0.15) is 0 Å². The van der Waals surface area contributed by atoms with Crippen LogP contribution in [0.25, 0.3) is 0 Å². The number of carbonyl (C=O) groups is 1. The van der Waals surface area contributed by atoms with Crippen LogP contribution in [0.5, 0.6) is 5.75 Å². The van der Waals surface area contributed by atoms with Crippen molar-refractivity contribution < 1.29 is 19.4 Å². The van der Waals surface area contributed by atoms with Crippen LogP contribution in [-0.2, 0) is 16.1 Å². The van der Waals surface area contributed by atoms with Gasteiger partial charge in [-0.25, -0.2) is 0 Å². The zero-order chi connectivity index (χ0) is 19.1. The molecule has 25 heavy (non-hydrogen) atoms. The van der Waals surface area contributed by atoms with Crippen LogP contribution in [0.4, 0.5) is 0 Å². The Balaban J connectivity index is 2.75. The van der Waals surface area contributed by atoms with E-state index >= 15 is 0 Å². The van der Waals surface area contributed by atoms with Crippen LogP contribution < -0.4 is 4.74 Å². The monoisotopic (exact) mass is 350 g/mol. The molecule has 0 radical (unpaired) electrons. The van der Waals surface area contributed by atoms with Gasteiger partial charge in [0.1, 0.15) is 11.5 Å². The molecule has 1 aromatic carbocycles. The van der Waals surface area contributed by atoms with E-state index in [2.05, 4.69) is 13.8 Å². The first kappa shape index (κ1) is 21.7. The number of aliphatic hydroxyl groups is 1. The first-order valence-electron chi connectivity index (χ1n) is 9.15. The lowest BCUT2D eigenvalue weighted by molar-refractivity contribution is -0.133. The fourth-order valence-corrected chi connectivity index (χ4v) is 3.21. The summed E-state index contributed by atoms with van der Waals surface area (Å²) in [5, 5.41) is 10.7. The summed E-state index contributed by atoms with van der Waals surface area (Å²) in [6, 6.07) is 7.76. The van der Waals surface area contributed by atoms with Gasteiger partial charge >= 0.3 is 0 Å². The number of aliphatic hydroxyl groups excluding tert-OH is 1. The predicted octanol–water partition coefficient (Wildman–Crippen LogP) is 4.09. The van der Waals surface area contributed by atoms with Gasteiger partial charge in [0.15, 0.2) is 0 Å². The van der Waals surface area contributed by atoms with E-state index in [0.29, 0.717) is 6.61 Å². The molecule has 4 heteroatoms. The van der Waals surface area contributed by atoms with Crippen molar-refractivity contribution >= 4 is 5.78 Å². The molecule has 4 atom stereocenters. The Morgan fingerprint density at radius 2 is 1.60 bits per heavy atom. The summed E-state index contributed by atoms with van der Waals surface area (Å²) in [6.45, 7) is 12.1. The average Bonchev–Trinajstić information content (AvgIpc) is 2.59. The van der Waals surface area contributed by atoms with Crippen molar-refractivity contribution in [2.24, 2.45) is 23.7 Å². The second-order valence-electron chi connectivity index (χ2n) is 7.56. The Morgan fingerprint density at radius 3 is 2.04 bits per heavy atom. The van der Waals surface area contributed by atoms with Crippen molar-refractivity contribution in [3.8, 4) is 5.75 Å². The van der Waals surface area contributed by atoms with Gasteiger partial charge in [0.25, 0.3) is 0 Å². The molecule has 0 aliphatic rings. The first-order chi connectivity index (χ1) is 11.7. The Kier molecular flexibility index (Phi) is 8.60. The van der Waals surface area contributed by atoms with Gasteiger partial charge in [-0.3, -0.25) is 4.79 Å². The Hall–Kier alpha value is -1.39. The summed E-state index contributed by atoms with van der Waals surface area (Å²) >= 11 is 0. The van der Waals surface area contributed by atoms with Gasteiger partial charge in [-0.05, 0) is 23.6 Å². The molecule has 0 aliphatic carbocycles. The third-order valence-electron chi connectivity index (χ3n) is 4.85. The summed E-state index contributed by atoms with van der Waals surface area (Å²) < 4.78 is 11.3. The topological polar surface area (TPSA) is 55.8 Å². The van der Waals surface area contributed by atoms with Crippen LogP contribution >= 0.6 is 0 Å². The summed E-state index contributed by atoms with van der Waals surface area (Å²) in [5.41, 5.74) is 1.06. The lowest BCUT2D eigenvalue weighted by Crippen LogP contribution is -2.41. The van der Waals surface area contributed by atoms with Crippen molar-refractivity contribution in [1.82, 2.24) is 0 Å². The maximum Gasteiger partial charge on any atom is 0.140 e. The maximum atomic E-state index is 12.2. The zero-order valence-corrected chi connectivity index (χ0v) is 16.7. The number of hydrogen-bond donors (Lipinski definition) is 1. The van der Waals surface area contributed by atoms with E-state index in [1.807, 2.05) is 52.0 Å². The summed E-state index contributed by atoms with van der Waals surface area (Å²) in [6.07, 6.45) is -0.835. The van der Waals surface area contributed by atoms with Crippen molar-refractivity contribution in [2.75, 3.05) is 7.11 Å². The number of benzene rings is 1.